The normalized spacial score (nSPS) is 17.8. The van der Waals surface area contributed by atoms with E-state index in [2.05, 4.69) is 5.32 Å². The fraction of sp³-hybridized carbons (Fsp3) is 0.500. The summed E-state index contributed by atoms with van der Waals surface area (Å²) in [6.07, 6.45) is 1.36. The van der Waals surface area contributed by atoms with Crippen molar-refractivity contribution >= 4 is 27.3 Å². The summed E-state index contributed by atoms with van der Waals surface area (Å²) >= 11 is 5.71. The van der Waals surface area contributed by atoms with Crippen LogP contribution in [0.2, 0.25) is 5.02 Å². The summed E-state index contributed by atoms with van der Waals surface area (Å²) in [5.41, 5.74) is -0.488. The molecule has 7 nitrogen and oxygen atoms in total. The molecule has 0 spiro atoms. The summed E-state index contributed by atoms with van der Waals surface area (Å²) in [6.45, 7) is 0.682. The quantitative estimate of drug-likeness (QED) is 0.667. The van der Waals surface area contributed by atoms with Gasteiger partial charge in [0.25, 0.3) is 5.69 Å². The van der Waals surface area contributed by atoms with Gasteiger partial charge in [0.1, 0.15) is 0 Å². The van der Waals surface area contributed by atoms with E-state index in [0.717, 1.165) is 6.07 Å². The number of nitro groups is 1. The van der Waals surface area contributed by atoms with Crippen LogP contribution in [-0.2, 0) is 10.0 Å². The van der Waals surface area contributed by atoms with Crippen LogP contribution in [0.1, 0.15) is 12.8 Å². The number of rotatable bonds is 4. The zero-order valence-corrected chi connectivity index (χ0v) is 13.0. The van der Waals surface area contributed by atoms with Crippen molar-refractivity contribution < 1.29 is 13.3 Å². The molecule has 1 heterocycles. The van der Waals surface area contributed by atoms with Crippen molar-refractivity contribution in [2.75, 3.05) is 20.1 Å². The highest BCUT2D eigenvalue weighted by molar-refractivity contribution is 7.89. The number of hydrogen-bond acceptors (Lipinski definition) is 5. The highest BCUT2D eigenvalue weighted by atomic mass is 35.5. The molecule has 0 saturated carbocycles. The first kappa shape index (κ1) is 16.2. The van der Waals surface area contributed by atoms with Crippen molar-refractivity contribution in [3.05, 3.63) is 33.3 Å². The average molecular weight is 334 g/mol. The monoisotopic (exact) mass is 333 g/mol. The molecule has 1 saturated heterocycles. The molecule has 0 radical (unpaired) electrons. The molecule has 1 aromatic rings. The van der Waals surface area contributed by atoms with Gasteiger partial charge in [-0.25, -0.2) is 8.42 Å². The van der Waals surface area contributed by atoms with Gasteiger partial charge in [-0.05, 0) is 32.0 Å². The van der Waals surface area contributed by atoms with Crippen molar-refractivity contribution in [1.29, 1.82) is 0 Å². The summed E-state index contributed by atoms with van der Waals surface area (Å²) in [7, 11) is -2.05. The van der Waals surface area contributed by atoms with Crippen molar-refractivity contribution in [3.63, 3.8) is 0 Å². The van der Waals surface area contributed by atoms with Gasteiger partial charge in [-0.3, -0.25) is 10.1 Å². The molecule has 0 amide bonds. The number of sulfonamides is 1. The third-order valence-corrected chi connectivity index (χ3v) is 5.78. The van der Waals surface area contributed by atoms with Gasteiger partial charge in [-0.15, -0.1) is 0 Å². The maximum atomic E-state index is 12.6. The van der Waals surface area contributed by atoms with Crippen molar-refractivity contribution in [2.45, 2.75) is 23.8 Å². The van der Waals surface area contributed by atoms with Crippen LogP contribution >= 0.6 is 11.6 Å². The van der Waals surface area contributed by atoms with Gasteiger partial charge < -0.3 is 5.32 Å². The van der Waals surface area contributed by atoms with Crippen LogP contribution in [0.15, 0.2) is 23.1 Å². The Morgan fingerprint density at radius 3 is 2.52 bits per heavy atom. The van der Waals surface area contributed by atoms with Crippen molar-refractivity contribution in [2.24, 2.45) is 0 Å². The first-order valence-corrected chi connectivity index (χ1v) is 8.29. The molecule has 0 bridgehead atoms. The molecule has 1 aliphatic heterocycles. The minimum Gasteiger partial charge on any atom is -0.317 e. The van der Waals surface area contributed by atoms with Gasteiger partial charge in [-0.1, -0.05) is 11.6 Å². The molecule has 0 unspecified atom stereocenters. The maximum absolute atomic E-state index is 12.6. The molecular formula is C12H16ClN3O4S. The van der Waals surface area contributed by atoms with Gasteiger partial charge in [0.2, 0.25) is 10.0 Å². The smallest absolute Gasteiger partial charge is 0.290 e. The van der Waals surface area contributed by atoms with Gasteiger partial charge in [-0.2, -0.15) is 4.31 Å². The Balaban J connectivity index is 2.34. The summed E-state index contributed by atoms with van der Waals surface area (Å²) in [5.74, 6) is 0. The number of nitro benzene ring substituents is 1. The second-order valence-corrected chi connectivity index (χ2v) is 7.18. The summed E-state index contributed by atoms with van der Waals surface area (Å²) < 4.78 is 26.4. The third-order valence-electron chi connectivity index (χ3n) is 3.60. The van der Waals surface area contributed by atoms with E-state index in [0.29, 0.717) is 25.9 Å². The van der Waals surface area contributed by atoms with Crippen LogP contribution in [0.4, 0.5) is 5.69 Å². The first-order chi connectivity index (χ1) is 9.86. The fourth-order valence-corrected chi connectivity index (χ4v) is 4.15. The molecule has 0 atom stereocenters. The minimum atomic E-state index is -3.88. The number of benzene rings is 1. The van der Waals surface area contributed by atoms with E-state index in [-0.39, 0.29) is 16.0 Å². The molecule has 21 heavy (non-hydrogen) atoms. The summed E-state index contributed by atoms with van der Waals surface area (Å²) in [6, 6.07) is 3.88. The molecule has 2 rings (SSSR count). The first-order valence-electron chi connectivity index (χ1n) is 6.47. The summed E-state index contributed by atoms with van der Waals surface area (Å²) in [5, 5.41) is 14.3. The predicted molar refractivity (Wildman–Crippen MR) is 78.9 cm³/mol. The fourth-order valence-electron chi connectivity index (χ4n) is 2.38. The van der Waals surface area contributed by atoms with Gasteiger partial charge in [0.15, 0.2) is 4.90 Å². The molecule has 9 heteroatoms. The molecular weight excluding hydrogens is 318 g/mol. The lowest BCUT2D eigenvalue weighted by Crippen LogP contribution is -2.43. The number of nitrogens with zero attached hydrogens (tertiary/aromatic N) is 2. The SMILES string of the molecule is CNC1CCN(S(=O)(=O)c2ccc(Cl)cc2[N+](=O)[O-])CC1. The Morgan fingerprint density at radius 1 is 1.38 bits per heavy atom. The van der Waals surface area contributed by atoms with Gasteiger partial charge >= 0.3 is 0 Å². The molecule has 116 valence electrons. The molecule has 0 aliphatic carbocycles. The molecule has 0 aromatic heterocycles. The van der Waals surface area contributed by atoms with E-state index in [1.54, 1.807) is 0 Å². The lowest BCUT2D eigenvalue weighted by Gasteiger charge is -2.30. The number of nitrogens with one attached hydrogen (secondary N) is 1. The average Bonchev–Trinajstić information content (AvgIpc) is 2.47. The topological polar surface area (TPSA) is 92.6 Å². The van der Waals surface area contributed by atoms with E-state index in [1.165, 1.54) is 16.4 Å². The van der Waals surface area contributed by atoms with Crippen LogP contribution in [-0.4, -0.2) is 43.8 Å². The van der Waals surface area contributed by atoms with E-state index in [1.807, 2.05) is 7.05 Å². The van der Waals surface area contributed by atoms with E-state index < -0.39 is 20.6 Å². The maximum Gasteiger partial charge on any atom is 0.290 e. The van der Waals surface area contributed by atoms with E-state index in [4.69, 9.17) is 11.6 Å². The van der Waals surface area contributed by atoms with Crippen molar-refractivity contribution in [1.82, 2.24) is 9.62 Å². The van der Waals surface area contributed by atoms with E-state index >= 15 is 0 Å². The standard InChI is InChI=1S/C12H16ClN3O4S/c1-14-10-4-6-15(7-5-10)21(19,20)12-3-2-9(13)8-11(12)16(17)18/h2-3,8,10,14H,4-7H2,1H3. The van der Waals surface area contributed by atoms with Crippen LogP contribution < -0.4 is 5.32 Å². The van der Waals surface area contributed by atoms with Crippen molar-refractivity contribution in [3.8, 4) is 0 Å². The van der Waals surface area contributed by atoms with Crippen LogP contribution in [0, 0.1) is 10.1 Å². The van der Waals surface area contributed by atoms with Crippen LogP contribution in [0.5, 0.6) is 0 Å². The Kier molecular flexibility index (Phi) is 4.82. The lowest BCUT2D eigenvalue weighted by molar-refractivity contribution is -0.387. The number of halogens is 1. The largest absolute Gasteiger partial charge is 0.317 e. The van der Waals surface area contributed by atoms with Crippen LogP contribution in [0.25, 0.3) is 0 Å². The van der Waals surface area contributed by atoms with Crippen LogP contribution in [0.3, 0.4) is 0 Å². The third kappa shape index (κ3) is 3.34. The Labute approximate surface area is 128 Å². The Morgan fingerprint density at radius 2 is 2.00 bits per heavy atom. The second kappa shape index (κ2) is 6.27. The lowest BCUT2D eigenvalue weighted by atomic mass is 10.1. The Bertz CT molecular complexity index is 642. The predicted octanol–water partition coefficient (Wildman–Crippen LogP) is 1.62. The van der Waals surface area contributed by atoms with Gasteiger partial charge in [0.05, 0.1) is 4.92 Å². The molecule has 1 aliphatic rings. The second-order valence-electron chi connectivity index (χ2n) is 4.84. The zero-order valence-electron chi connectivity index (χ0n) is 11.5. The molecule has 1 fully saturated rings. The molecule has 1 aromatic carbocycles. The van der Waals surface area contributed by atoms with Gasteiger partial charge in [0, 0.05) is 30.2 Å². The molecule has 1 N–H and O–H groups in total. The number of hydrogen-bond donors (Lipinski definition) is 1. The highest BCUT2D eigenvalue weighted by Crippen LogP contribution is 2.30. The summed E-state index contributed by atoms with van der Waals surface area (Å²) in [4.78, 5) is 10.0. The number of piperidine rings is 1. The highest BCUT2D eigenvalue weighted by Gasteiger charge is 2.34. The zero-order chi connectivity index (χ0) is 15.6. The van der Waals surface area contributed by atoms with E-state index in [9.17, 15) is 18.5 Å². The minimum absolute atomic E-state index is 0.134. The Hall–Kier alpha value is -1.22.